The van der Waals surface area contributed by atoms with E-state index >= 15 is 0 Å². The lowest BCUT2D eigenvalue weighted by Crippen LogP contribution is -2.53. The second-order valence-corrected chi connectivity index (χ2v) is 10.8. The molecule has 1 spiro atoms. The van der Waals surface area contributed by atoms with Gasteiger partial charge in [-0.15, -0.1) is 0 Å². The van der Waals surface area contributed by atoms with E-state index in [9.17, 15) is 9.59 Å². The number of rotatable bonds is 5. The minimum Gasteiger partial charge on any atom is -0.450 e. The van der Waals surface area contributed by atoms with E-state index in [4.69, 9.17) is 14.8 Å². The molecule has 9 heteroatoms. The molecule has 3 aromatic rings. The minimum atomic E-state index is -0.269. The largest absolute Gasteiger partial charge is 0.450 e. The zero-order valence-corrected chi connectivity index (χ0v) is 22.6. The van der Waals surface area contributed by atoms with Crippen molar-refractivity contribution in [1.82, 2.24) is 29.7 Å². The molecule has 0 aliphatic carbocycles. The molecule has 0 radical (unpaired) electrons. The molecule has 9 nitrogen and oxygen atoms in total. The molecule has 2 aromatic heterocycles. The quantitative estimate of drug-likeness (QED) is 0.540. The van der Waals surface area contributed by atoms with Crippen molar-refractivity contribution in [1.29, 1.82) is 0 Å². The molecule has 0 saturated carbocycles. The minimum absolute atomic E-state index is 0.0318. The summed E-state index contributed by atoms with van der Waals surface area (Å²) in [6, 6.07) is 12.0. The SMILES string of the molecule is CCOC(=O)N1CC=C(c2cccn3nc(Cc4ccc(C(=O)N5CCCC56CCNCC6)cc4)nc23)CC1. The van der Waals surface area contributed by atoms with E-state index in [2.05, 4.69) is 22.4 Å². The predicted molar refractivity (Wildman–Crippen MR) is 149 cm³/mol. The highest BCUT2D eigenvalue weighted by Gasteiger charge is 2.44. The van der Waals surface area contributed by atoms with Crippen LogP contribution in [0.1, 0.15) is 66.3 Å². The summed E-state index contributed by atoms with van der Waals surface area (Å²) in [4.78, 5) is 34.2. The van der Waals surface area contributed by atoms with Gasteiger partial charge in [-0.1, -0.05) is 18.2 Å². The van der Waals surface area contributed by atoms with Gasteiger partial charge >= 0.3 is 6.09 Å². The fourth-order valence-electron chi connectivity index (χ4n) is 6.34. The van der Waals surface area contributed by atoms with Crippen LogP contribution >= 0.6 is 0 Å². The van der Waals surface area contributed by atoms with Crippen LogP contribution in [-0.2, 0) is 11.2 Å². The lowest BCUT2D eigenvalue weighted by atomic mass is 9.85. The number of benzene rings is 1. The Morgan fingerprint density at radius 2 is 1.90 bits per heavy atom. The molecule has 39 heavy (non-hydrogen) atoms. The summed E-state index contributed by atoms with van der Waals surface area (Å²) in [7, 11) is 0. The highest BCUT2D eigenvalue weighted by atomic mass is 16.6. The number of ether oxygens (including phenoxy) is 1. The molecule has 1 N–H and O–H groups in total. The van der Waals surface area contributed by atoms with Gasteiger partial charge in [0.2, 0.25) is 0 Å². The van der Waals surface area contributed by atoms with Crippen molar-refractivity contribution in [3.8, 4) is 0 Å². The number of nitrogens with one attached hydrogen (secondary N) is 1. The van der Waals surface area contributed by atoms with E-state index in [1.807, 2.05) is 48.0 Å². The van der Waals surface area contributed by atoms with E-state index in [0.717, 1.165) is 85.5 Å². The molecule has 0 atom stereocenters. The van der Waals surface area contributed by atoms with Gasteiger partial charge in [0.15, 0.2) is 11.5 Å². The van der Waals surface area contributed by atoms with E-state index in [-0.39, 0.29) is 17.5 Å². The number of likely N-dealkylation sites (tertiary alicyclic amines) is 1. The standard InChI is InChI=1S/C30H36N6O3/c1-2-39-29(38)34-19-10-23(11-20-34)25-5-3-18-36-27(25)32-26(33-36)21-22-6-8-24(9-7-22)28(37)35-17-4-12-30(35)13-15-31-16-14-30/h3,5-10,18,31H,2,4,11-17,19-21H2,1H3. The third-order valence-electron chi connectivity index (χ3n) is 8.43. The number of hydrogen-bond donors (Lipinski definition) is 1. The number of aromatic nitrogens is 3. The van der Waals surface area contributed by atoms with Crippen LogP contribution < -0.4 is 5.32 Å². The van der Waals surface area contributed by atoms with Crippen molar-refractivity contribution in [2.45, 2.75) is 51.0 Å². The van der Waals surface area contributed by atoms with Gasteiger partial charge in [-0.05, 0) is 87.5 Å². The first kappa shape index (κ1) is 25.6. The predicted octanol–water partition coefficient (Wildman–Crippen LogP) is 3.92. The number of piperidine rings is 1. The molecular formula is C30H36N6O3. The fourth-order valence-corrected chi connectivity index (χ4v) is 6.34. The molecule has 5 heterocycles. The van der Waals surface area contributed by atoms with Crippen LogP contribution in [0.4, 0.5) is 4.79 Å². The number of carbonyl (C=O) groups is 2. The van der Waals surface area contributed by atoms with Gasteiger partial charge in [0.1, 0.15) is 0 Å². The summed E-state index contributed by atoms with van der Waals surface area (Å²) in [5.41, 5.74) is 4.88. The molecule has 0 unspecified atom stereocenters. The number of hydrogen-bond acceptors (Lipinski definition) is 6. The lowest BCUT2D eigenvalue weighted by Gasteiger charge is -2.42. The average Bonchev–Trinajstić information content (AvgIpc) is 3.57. The third kappa shape index (κ3) is 5.03. The van der Waals surface area contributed by atoms with Crippen molar-refractivity contribution >= 4 is 23.2 Å². The fraction of sp³-hybridized carbons (Fsp3) is 0.467. The van der Waals surface area contributed by atoms with E-state index in [1.165, 1.54) is 0 Å². The van der Waals surface area contributed by atoms with Crippen molar-refractivity contribution in [2.24, 2.45) is 0 Å². The number of amides is 2. The Kier molecular flexibility index (Phi) is 7.08. The van der Waals surface area contributed by atoms with Gasteiger partial charge in [0.05, 0.1) is 6.61 Å². The van der Waals surface area contributed by atoms with Crippen LogP contribution in [0.25, 0.3) is 11.2 Å². The van der Waals surface area contributed by atoms with Crippen LogP contribution in [0.3, 0.4) is 0 Å². The second-order valence-electron chi connectivity index (χ2n) is 10.8. The first-order valence-electron chi connectivity index (χ1n) is 14.1. The van der Waals surface area contributed by atoms with E-state index in [0.29, 0.717) is 26.1 Å². The van der Waals surface area contributed by atoms with E-state index < -0.39 is 0 Å². The average molecular weight is 529 g/mol. The highest BCUT2D eigenvalue weighted by Crippen LogP contribution is 2.37. The normalized spacial score (nSPS) is 18.9. The first-order valence-corrected chi connectivity index (χ1v) is 14.1. The van der Waals surface area contributed by atoms with Crippen molar-refractivity contribution < 1.29 is 14.3 Å². The lowest BCUT2D eigenvalue weighted by molar-refractivity contribution is 0.0519. The Labute approximate surface area is 228 Å². The van der Waals surface area contributed by atoms with Crippen molar-refractivity contribution in [3.63, 3.8) is 0 Å². The maximum Gasteiger partial charge on any atom is 0.410 e. The summed E-state index contributed by atoms with van der Waals surface area (Å²) in [5.74, 6) is 0.887. The monoisotopic (exact) mass is 528 g/mol. The van der Waals surface area contributed by atoms with Crippen molar-refractivity contribution in [2.75, 3.05) is 39.3 Å². The molecule has 2 saturated heterocycles. The highest BCUT2D eigenvalue weighted by molar-refractivity contribution is 5.95. The van der Waals surface area contributed by atoms with Gasteiger partial charge in [-0.25, -0.2) is 14.3 Å². The summed E-state index contributed by atoms with van der Waals surface area (Å²) < 4.78 is 6.96. The number of pyridine rings is 1. The molecule has 204 valence electrons. The summed E-state index contributed by atoms with van der Waals surface area (Å²) in [6.45, 7) is 6.16. The van der Waals surface area contributed by atoms with E-state index in [1.54, 1.807) is 4.90 Å². The van der Waals surface area contributed by atoms with Crippen LogP contribution in [0.15, 0.2) is 48.7 Å². The molecule has 1 aromatic carbocycles. The molecule has 3 aliphatic rings. The Morgan fingerprint density at radius 3 is 2.64 bits per heavy atom. The van der Waals surface area contributed by atoms with Gasteiger partial charge in [0, 0.05) is 48.9 Å². The summed E-state index contributed by atoms with van der Waals surface area (Å²) in [5, 5.41) is 8.16. The molecule has 6 rings (SSSR count). The molecular weight excluding hydrogens is 492 g/mol. The number of carbonyl (C=O) groups excluding carboxylic acids is 2. The van der Waals surface area contributed by atoms with Crippen LogP contribution in [0.2, 0.25) is 0 Å². The number of fused-ring (bicyclic) bond motifs is 1. The molecule has 2 fully saturated rings. The Balaban J connectivity index is 1.16. The maximum absolute atomic E-state index is 13.4. The van der Waals surface area contributed by atoms with Crippen molar-refractivity contribution in [3.05, 3.63) is 71.2 Å². The van der Waals surface area contributed by atoms with Gasteiger partial charge in [-0.2, -0.15) is 5.10 Å². The van der Waals surface area contributed by atoms with Gasteiger partial charge in [-0.3, -0.25) is 4.79 Å². The third-order valence-corrected chi connectivity index (χ3v) is 8.43. The molecule has 2 amide bonds. The Hall–Kier alpha value is -3.72. The van der Waals surface area contributed by atoms with Gasteiger partial charge < -0.3 is 19.9 Å². The maximum atomic E-state index is 13.4. The molecule has 0 bridgehead atoms. The van der Waals surface area contributed by atoms with Crippen LogP contribution in [0.5, 0.6) is 0 Å². The zero-order valence-electron chi connectivity index (χ0n) is 22.6. The zero-order chi connectivity index (χ0) is 26.8. The van der Waals surface area contributed by atoms with Gasteiger partial charge in [0.25, 0.3) is 5.91 Å². The second kappa shape index (κ2) is 10.8. The summed E-state index contributed by atoms with van der Waals surface area (Å²) in [6.07, 6.45) is 9.33. The first-order chi connectivity index (χ1) is 19.1. The Bertz CT molecular complexity index is 1390. The summed E-state index contributed by atoms with van der Waals surface area (Å²) >= 11 is 0. The smallest absolute Gasteiger partial charge is 0.410 e. The topological polar surface area (TPSA) is 92.1 Å². The van der Waals surface area contributed by atoms with Crippen LogP contribution in [-0.4, -0.2) is 81.3 Å². The Morgan fingerprint density at radius 1 is 1.08 bits per heavy atom. The molecule has 3 aliphatic heterocycles. The van der Waals surface area contributed by atoms with Crippen LogP contribution in [0, 0.1) is 0 Å². The number of nitrogens with zero attached hydrogens (tertiary/aromatic N) is 5.